The Balaban J connectivity index is 3.33. The van der Waals surface area contributed by atoms with Crippen LogP contribution in [0.5, 0.6) is 0 Å². The molecule has 1 N–H and O–H groups in total. The van der Waals surface area contributed by atoms with Crippen molar-refractivity contribution in [3.8, 4) is 0 Å². The van der Waals surface area contributed by atoms with E-state index in [2.05, 4.69) is 6.92 Å². The predicted octanol–water partition coefficient (Wildman–Crippen LogP) is 6.50. The first-order valence-electron chi connectivity index (χ1n) is 8.99. The van der Waals surface area contributed by atoms with Crippen molar-refractivity contribution < 1.29 is 9.90 Å². The topological polar surface area (TPSA) is 37.3 Å². The van der Waals surface area contributed by atoms with Crippen molar-refractivity contribution >= 4 is 5.97 Å². The SMILES string of the molecule is CCCCCCCCCCCCCCC(C(=O)O)=C(C)C. The third kappa shape index (κ3) is 12.6. The van der Waals surface area contributed by atoms with Gasteiger partial charge in [0, 0.05) is 5.57 Å². The summed E-state index contributed by atoms with van der Waals surface area (Å²) in [6.45, 7) is 6.05. The third-order valence-corrected chi connectivity index (χ3v) is 4.14. The molecule has 0 aliphatic heterocycles. The average molecular weight is 296 g/mol. The first kappa shape index (κ1) is 20.2. The minimum Gasteiger partial charge on any atom is -0.478 e. The summed E-state index contributed by atoms with van der Waals surface area (Å²) in [7, 11) is 0. The highest BCUT2D eigenvalue weighted by molar-refractivity contribution is 5.87. The molecule has 0 saturated carbocycles. The molecule has 0 saturated heterocycles. The zero-order valence-corrected chi connectivity index (χ0v) is 14.5. The highest BCUT2D eigenvalue weighted by Crippen LogP contribution is 2.16. The molecule has 0 heterocycles. The molecule has 0 radical (unpaired) electrons. The number of unbranched alkanes of at least 4 members (excludes halogenated alkanes) is 11. The van der Waals surface area contributed by atoms with Crippen LogP contribution in [0.4, 0.5) is 0 Å². The molecule has 21 heavy (non-hydrogen) atoms. The molecule has 0 rings (SSSR count). The largest absolute Gasteiger partial charge is 0.478 e. The van der Waals surface area contributed by atoms with Gasteiger partial charge in [-0.3, -0.25) is 0 Å². The molecule has 0 atom stereocenters. The second kappa shape index (κ2) is 14.2. The Hall–Kier alpha value is -0.790. The van der Waals surface area contributed by atoms with Crippen LogP contribution in [0.15, 0.2) is 11.1 Å². The van der Waals surface area contributed by atoms with Crippen molar-refractivity contribution in [1.29, 1.82) is 0 Å². The van der Waals surface area contributed by atoms with Gasteiger partial charge in [-0.05, 0) is 26.7 Å². The fourth-order valence-corrected chi connectivity index (χ4v) is 2.71. The van der Waals surface area contributed by atoms with E-state index in [1.165, 1.54) is 70.6 Å². The lowest BCUT2D eigenvalue weighted by Gasteiger charge is -2.05. The van der Waals surface area contributed by atoms with Gasteiger partial charge in [0.25, 0.3) is 0 Å². The lowest BCUT2D eigenvalue weighted by molar-refractivity contribution is -0.132. The van der Waals surface area contributed by atoms with Crippen molar-refractivity contribution in [2.24, 2.45) is 0 Å². The maximum atomic E-state index is 11.0. The van der Waals surface area contributed by atoms with Crippen LogP contribution in [-0.2, 0) is 4.79 Å². The quantitative estimate of drug-likeness (QED) is 0.293. The molecule has 0 amide bonds. The van der Waals surface area contributed by atoms with Crippen LogP contribution >= 0.6 is 0 Å². The van der Waals surface area contributed by atoms with Crippen molar-refractivity contribution in [1.82, 2.24) is 0 Å². The first-order chi connectivity index (χ1) is 10.1. The molecule has 0 bridgehead atoms. The standard InChI is InChI=1S/C19H36O2/c1-4-5-6-7-8-9-10-11-12-13-14-15-16-18(17(2)3)19(20)21/h4-16H2,1-3H3,(H,20,21). The minimum absolute atomic E-state index is 0.613. The van der Waals surface area contributed by atoms with Gasteiger partial charge in [0.15, 0.2) is 0 Å². The zero-order chi connectivity index (χ0) is 15.9. The maximum absolute atomic E-state index is 11.0. The van der Waals surface area contributed by atoms with E-state index in [0.717, 1.165) is 18.4 Å². The molecule has 0 aliphatic carbocycles. The normalized spacial score (nSPS) is 10.6. The molecule has 0 spiro atoms. The van der Waals surface area contributed by atoms with Crippen LogP contribution < -0.4 is 0 Å². The minimum atomic E-state index is -0.738. The Morgan fingerprint density at radius 3 is 1.43 bits per heavy atom. The highest BCUT2D eigenvalue weighted by Gasteiger charge is 2.08. The first-order valence-corrected chi connectivity index (χ1v) is 8.99. The van der Waals surface area contributed by atoms with Gasteiger partial charge in [0.05, 0.1) is 0 Å². The van der Waals surface area contributed by atoms with Gasteiger partial charge in [0.2, 0.25) is 0 Å². The predicted molar refractivity (Wildman–Crippen MR) is 91.7 cm³/mol. The number of aliphatic carboxylic acids is 1. The van der Waals surface area contributed by atoms with E-state index in [-0.39, 0.29) is 0 Å². The summed E-state index contributed by atoms with van der Waals surface area (Å²) in [4.78, 5) is 11.0. The summed E-state index contributed by atoms with van der Waals surface area (Å²) in [5, 5.41) is 9.06. The summed E-state index contributed by atoms with van der Waals surface area (Å²) in [5.74, 6) is -0.738. The lowest BCUT2D eigenvalue weighted by Crippen LogP contribution is -2.02. The number of carboxylic acid groups (broad SMARTS) is 1. The molecule has 124 valence electrons. The van der Waals surface area contributed by atoms with Gasteiger partial charge in [-0.2, -0.15) is 0 Å². The van der Waals surface area contributed by atoms with E-state index in [1.807, 2.05) is 13.8 Å². The molecule has 0 fully saturated rings. The Morgan fingerprint density at radius 2 is 1.10 bits per heavy atom. The molecule has 0 aromatic carbocycles. The fraction of sp³-hybridized carbons (Fsp3) is 0.842. The van der Waals surface area contributed by atoms with Gasteiger partial charge in [-0.15, -0.1) is 0 Å². The molecule has 0 unspecified atom stereocenters. The zero-order valence-electron chi connectivity index (χ0n) is 14.5. The van der Waals surface area contributed by atoms with Crippen molar-refractivity contribution in [3.63, 3.8) is 0 Å². The van der Waals surface area contributed by atoms with Gasteiger partial charge in [-0.1, -0.05) is 83.1 Å². The van der Waals surface area contributed by atoms with Crippen LogP contribution in [0.2, 0.25) is 0 Å². The Labute approximate surface area is 132 Å². The molecule has 0 aromatic heterocycles. The molecular weight excluding hydrogens is 260 g/mol. The molecule has 0 aromatic rings. The lowest BCUT2D eigenvalue weighted by atomic mass is 10.0. The van der Waals surface area contributed by atoms with Gasteiger partial charge < -0.3 is 5.11 Å². The molecule has 0 aliphatic rings. The van der Waals surface area contributed by atoms with Crippen molar-refractivity contribution in [2.75, 3.05) is 0 Å². The van der Waals surface area contributed by atoms with E-state index >= 15 is 0 Å². The number of carbonyl (C=O) groups is 1. The second-order valence-corrected chi connectivity index (χ2v) is 6.42. The summed E-state index contributed by atoms with van der Waals surface area (Å²) >= 11 is 0. The van der Waals surface area contributed by atoms with Gasteiger partial charge in [-0.25, -0.2) is 4.79 Å². The van der Waals surface area contributed by atoms with Crippen LogP contribution in [0.1, 0.15) is 104 Å². The van der Waals surface area contributed by atoms with Gasteiger partial charge >= 0.3 is 5.97 Å². The number of carboxylic acids is 1. The summed E-state index contributed by atoms with van der Waals surface area (Å²) < 4.78 is 0. The van der Waals surface area contributed by atoms with E-state index in [1.54, 1.807) is 0 Å². The van der Waals surface area contributed by atoms with Gasteiger partial charge in [0.1, 0.15) is 0 Å². The third-order valence-electron chi connectivity index (χ3n) is 4.14. The van der Waals surface area contributed by atoms with Crippen molar-refractivity contribution in [3.05, 3.63) is 11.1 Å². The average Bonchev–Trinajstić information content (AvgIpc) is 2.43. The van der Waals surface area contributed by atoms with Crippen LogP contribution in [0.3, 0.4) is 0 Å². The summed E-state index contributed by atoms with van der Waals surface area (Å²) in [5.41, 5.74) is 1.56. The van der Waals surface area contributed by atoms with Crippen LogP contribution in [0, 0.1) is 0 Å². The van der Waals surface area contributed by atoms with Crippen LogP contribution in [-0.4, -0.2) is 11.1 Å². The smallest absolute Gasteiger partial charge is 0.331 e. The molecular formula is C19H36O2. The van der Waals surface area contributed by atoms with E-state index in [4.69, 9.17) is 5.11 Å². The fourth-order valence-electron chi connectivity index (χ4n) is 2.71. The maximum Gasteiger partial charge on any atom is 0.331 e. The summed E-state index contributed by atoms with van der Waals surface area (Å²) in [6, 6.07) is 0. The summed E-state index contributed by atoms with van der Waals surface area (Å²) in [6.07, 6.45) is 16.6. The van der Waals surface area contributed by atoms with E-state index < -0.39 is 5.97 Å². The number of hydrogen-bond donors (Lipinski definition) is 1. The Bertz CT molecular complexity index is 288. The number of hydrogen-bond acceptors (Lipinski definition) is 1. The molecule has 2 nitrogen and oxygen atoms in total. The Morgan fingerprint density at radius 1 is 0.714 bits per heavy atom. The number of allylic oxidation sites excluding steroid dienone is 1. The van der Waals surface area contributed by atoms with E-state index in [9.17, 15) is 4.79 Å². The molecule has 2 heteroatoms. The monoisotopic (exact) mass is 296 g/mol. The number of rotatable bonds is 14. The second-order valence-electron chi connectivity index (χ2n) is 6.42. The van der Waals surface area contributed by atoms with E-state index in [0.29, 0.717) is 5.57 Å². The Kier molecular flexibility index (Phi) is 13.6. The van der Waals surface area contributed by atoms with Crippen molar-refractivity contribution in [2.45, 2.75) is 104 Å². The highest BCUT2D eigenvalue weighted by atomic mass is 16.4. The van der Waals surface area contributed by atoms with Crippen LogP contribution in [0.25, 0.3) is 0 Å².